The molecule has 0 saturated carbocycles. The number of morpholine rings is 2. The SMILES string of the molecule is c1ccc(C(CN2CCOCC2)N2CCOCC2)cc1. The lowest BCUT2D eigenvalue weighted by Gasteiger charge is -2.38. The summed E-state index contributed by atoms with van der Waals surface area (Å²) in [5.41, 5.74) is 1.42. The molecule has 1 aromatic rings. The average molecular weight is 276 g/mol. The number of hydrogen-bond donors (Lipinski definition) is 0. The maximum atomic E-state index is 5.50. The summed E-state index contributed by atoms with van der Waals surface area (Å²) in [5.74, 6) is 0. The molecule has 0 spiro atoms. The van der Waals surface area contributed by atoms with Gasteiger partial charge >= 0.3 is 0 Å². The molecule has 4 nitrogen and oxygen atoms in total. The van der Waals surface area contributed by atoms with Gasteiger partial charge in [0.15, 0.2) is 0 Å². The Balaban J connectivity index is 1.72. The largest absolute Gasteiger partial charge is 0.379 e. The van der Waals surface area contributed by atoms with Gasteiger partial charge in [0.05, 0.1) is 26.4 Å². The van der Waals surface area contributed by atoms with E-state index < -0.39 is 0 Å². The Kier molecular flexibility index (Phi) is 5.03. The minimum Gasteiger partial charge on any atom is -0.379 e. The lowest BCUT2D eigenvalue weighted by atomic mass is 10.0. The standard InChI is InChI=1S/C16H24N2O2/c1-2-4-15(5-3-1)16(18-8-12-20-13-9-18)14-17-6-10-19-11-7-17/h1-5,16H,6-14H2. The molecule has 2 saturated heterocycles. The van der Waals surface area contributed by atoms with Crippen LogP contribution in [0.15, 0.2) is 30.3 Å². The molecular weight excluding hydrogens is 252 g/mol. The fourth-order valence-corrected chi connectivity index (χ4v) is 3.02. The molecular formula is C16H24N2O2. The van der Waals surface area contributed by atoms with Crippen molar-refractivity contribution in [2.75, 3.05) is 59.2 Å². The fraction of sp³-hybridized carbons (Fsp3) is 0.625. The van der Waals surface area contributed by atoms with E-state index in [0.717, 1.165) is 59.2 Å². The topological polar surface area (TPSA) is 24.9 Å². The Labute approximate surface area is 121 Å². The number of hydrogen-bond acceptors (Lipinski definition) is 4. The summed E-state index contributed by atoms with van der Waals surface area (Å²) in [7, 11) is 0. The molecule has 0 aromatic heterocycles. The highest BCUT2D eigenvalue weighted by Gasteiger charge is 2.25. The first-order valence-electron chi connectivity index (χ1n) is 7.60. The second kappa shape index (κ2) is 7.18. The Bertz CT molecular complexity index is 387. The number of nitrogens with zero attached hydrogens (tertiary/aromatic N) is 2. The van der Waals surface area contributed by atoms with Crippen LogP contribution in [0.25, 0.3) is 0 Å². The first-order valence-corrected chi connectivity index (χ1v) is 7.60. The normalized spacial score (nSPS) is 23.6. The maximum absolute atomic E-state index is 5.50. The van der Waals surface area contributed by atoms with Crippen LogP contribution in [0.1, 0.15) is 11.6 Å². The van der Waals surface area contributed by atoms with Crippen molar-refractivity contribution in [3.8, 4) is 0 Å². The van der Waals surface area contributed by atoms with Crippen LogP contribution in [0.2, 0.25) is 0 Å². The van der Waals surface area contributed by atoms with E-state index in [9.17, 15) is 0 Å². The van der Waals surface area contributed by atoms with E-state index in [4.69, 9.17) is 9.47 Å². The highest BCUT2D eigenvalue weighted by molar-refractivity contribution is 5.19. The predicted molar refractivity (Wildman–Crippen MR) is 78.8 cm³/mol. The highest BCUT2D eigenvalue weighted by Crippen LogP contribution is 2.23. The summed E-state index contributed by atoms with van der Waals surface area (Å²) in [6, 6.07) is 11.3. The minimum atomic E-state index is 0.471. The van der Waals surface area contributed by atoms with Gasteiger partial charge in [0.2, 0.25) is 0 Å². The fourth-order valence-electron chi connectivity index (χ4n) is 3.02. The maximum Gasteiger partial charge on any atom is 0.0594 e. The lowest BCUT2D eigenvalue weighted by molar-refractivity contribution is -0.00986. The van der Waals surface area contributed by atoms with E-state index in [2.05, 4.69) is 40.1 Å². The van der Waals surface area contributed by atoms with Crippen molar-refractivity contribution in [1.82, 2.24) is 9.80 Å². The Hall–Kier alpha value is -0.940. The van der Waals surface area contributed by atoms with Gasteiger partial charge in [-0.05, 0) is 5.56 Å². The zero-order valence-corrected chi connectivity index (χ0v) is 12.0. The molecule has 2 heterocycles. The molecule has 0 amide bonds. The van der Waals surface area contributed by atoms with Gasteiger partial charge in [0.25, 0.3) is 0 Å². The zero-order valence-electron chi connectivity index (χ0n) is 12.0. The Morgan fingerprint density at radius 2 is 1.45 bits per heavy atom. The van der Waals surface area contributed by atoms with Gasteiger partial charge in [-0.2, -0.15) is 0 Å². The molecule has 2 fully saturated rings. The first kappa shape index (κ1) is 14.0. The molecule has 4 heteroatoms. The second-order valence-electron chi connectivity index (χ2n) is 5.49. The predicted octanol–water partition coefficient (Wildman–Crippen LogP) is 1.39. The average Bonchev–Trinajstić information content (AvgIpc) is 2.55. The molecule has 1 unspecified atom stereocenters. The molecule has 1 atom stereocenters. The van der Waals surface area contributed by atoms with Crippen molar-refractivity contribution in [3.05, 3.63) is 35.9 Å². The third kappa shape index (κ3) is 3.58. The van der Waals surface area contributed by atoms with Gasteiger partial charge < -0.3 is 9.47 Å². The van der Waals surface area contributed by atoms with Gasteiger partial charge in [-0.25, -0.2) is 0 Å². The summed E-state index contributed by atoms with van der Waals surface area (Å²) in [4.78, 5) is 5.09. The molecule has 0 bridgehead atoms. The van der Waals surface area contributed by atoms with Crippen LogP contribution < -0.4 is 0 Å². The van der Waals surface area contributed by atoms with Gasteiger partial charge in [-0.1, -0.05) is 30.3 Å². The molecule has 0 radical (unpaired) electrons. The second-order valence-corrected chi connectivity index (χ2v) is 5.49. The van der Waals surface area contributed by atoms with Gasteiger partial charge in [0.1, 0.15) is 0 Å². The lowest BCUT2D eigenvalue weighted by Crippen LogP contribution is -2.46. The van der Waals surface area contributed by atoms with Gasteiger partial charge in [0, 0.05) is 38.8 Å². The van der Waals surface area contributed by atoms with E-state index in [-0.39, 0.29) is 0 Å². The van der Waals surface area contributed by atoms with E-state index in [1.807, 2.05) is 0 Å². The molecule has 3 rings (SSSR count). The van der Waals surface area contributed by atoms with Crippen LogP contribution in [0.5, 0.6) is 0 Å². The van der Waals surface area contributed by atoms with E-state index in [1.165, 1.54) is 5.56 Å². The van der Waals surface area contributed by atoms with Crippen molar-refractivity contribution in [2.24, 2.45) is 0 Å². The summed E-state index contributed by atoms with van der Waals surface area (Å²) in [6.45, 7) is 8.69. The smallest absolute Gasteiger partial charge is 0.0594 e. The van der Waals surface area contributed by atoms with E-state index >= 15 is 0 Å². The van der Waals surface area contributed by atoms with E-state index in [1.54, 1.807) is 0 Å². The van der Waals surface area contributed by atoms with Crippen molar-refractivity contribution < 1.29 is 9.47 Å². The zero-order chi connectivity index (χ0) is 13.6. The summed E-state index contributed by atoms with van der Waals surface area (Å²) in [6.07, 6.45) is 0. The third-order valence-electron chi connectivity index (χ3n) is 4.21. The van der Waals surface area contributed by atoms with Crippen LogP contribution in [-0.2, 0) is 9.47 Å². The van der Waals surface area contributed by atoms with Crippen LogP contribution in [0, 0.1) is 0 Å². The van der Waals surface area contributed by atoms with E-state index in [0.29, 0.717) is 6.04 Å². The Morgan fingerprint density at radius 1 is 0.850 bits per heavy atom. The van der Waals surface area contributed by atoms with Crippen molar-refractivity contribution in [2.45, 2.75) is 6.04 Å². The molecule has 0 aliphatic carbocycles. The molecule has 20 heavy (non-hydrogen) atoms. The van der Waals surface area contributed by atoms with Crippen LogP contribution >= 0.6 is 0 Å². The number of ether oxygens (including phenoxy) is 2. The first-order chi connectivity index (χ1) is 9.93. The number of benzene rings is 1. The monoisotopic (exact) mass is 276 g/mol. The van der Waals surface area contributed by atoms with Crippen molar-refractivity contribution in [1.29, 1.82) is 0 Å². The quantitative estimate of drug-likeness (QED) is 0.830. The minimum absolute atomic E-state index is 0.471. The van der Waals surface area contributed by atoms with Crippen LogP contribution in [0.4, 0.5) is 0 Å². The van der Waals surface area contributed by atoms with Gasteiger partial charge in [-0.15, -0.1) is 0 Å². The third-order valence-corrected chi connectivity index (χ3v) is 4.21. The van der Waals surface area contributed by atoms with Crippen LogP contribution in [0.3, 0.4) is 0 Å². The number of rotatable bonds is 4. The Morgan fingerprint density at radius 3 is 2.10 bits per heavy atom. The molecule has 2 aliphatic rings. The summed E-state index contributed by atoms with van der Waals surface area (Å²) >= 11 is 0. The molecule has 2 aliphatic heterocycles. The highest BCUT2D eigenvalue weighted by atomic mass is 16.5. The molecule has 0 N–H and O–H groups in total. The summed E-state index contributed by atoms with van der Waals surface area (Å²) < 4.78 is 11.0. The summed E-state index contributed by atoms with van der Waals surface area (Å²) in [5, 5.41) is 0. The van der Waals surface area contributed by atoms with Crippen molar-refractivity contribution in [3.63, 3.8) is 0 Å². The molecule has 1 aromatic carbocycles. The van der Waals surface area contributed by atoms with Crippen LogP contribution in [-0.4, -0.2) is 69.0 Å². The molecule has 110 valence electrons. The van der Waals surface area contributed by atoms with Gasteiger partial charge in [-0.3, -0.25) is 9.80 Å². The van der Waals surface area contributed by atoms with Crippen molar-refractivity contribution >= 4 is 0 Å².